The van der Waals surface area contributed by atoms with E-state index in [9.17, 15) is 19.8 Å². The Kier molecular flexibility index (Phi) is 7.59. The normalized spacial score (nSPS) is 42.2. The minimum absolute atomic E-state index is 0.00481. The Morgan fingerprint density at radius 1 is 0.886 bits per heavy atom. The Bertz CT molecular complexity index is 1380. The van der Waals surface area contributed by atoms with Crippen molar-refractivity contribution in [3.63, 3.8) is 0 Å². The van der Waals surface area contributed by atoms with Crippen LogP contribution in [0.5, 0.6) is 0 Å². The van der Waals surface area contributed by atoms with Gasteiger partial charge < -0.3 is 15.5 Å². The van der Waals surface area contributed by atoms with E-state index in [-0.39, 0.29) is 33.6 Å². The highest BCUT2D eigenvalue weighted by molar-refractivity contribution is 5.88. The third kappa shape index (κ3) is 4.42. The lowest BCUT2D eigenvalue weighted by Gasteiger charge is -2.72. The van der Waals surface area contributed by atoms with Gasteiger partial charge in [0.05, 0.1) is 12.1 Å². The van der Waals surface area contributed by atoms with E-state index in [0.717, 1.165) is 13.0 Å². The van der Waals surface area contributed by atoms with Crippen molar-refractivity contribution in [1.82, 2.24) is 5.32 Å². The predicted octanol–water partition coefficient (Wildman–Crippen LogP) is 8.71. The van der Waals surface area contributed by atoms with Crippen LogP contribution in [-0.2, 0) is 4.79 Å². The molecule has 1 aromatic carbocycles. The zero-order valence-electron chi connectivity index (χ0n) is 28.0. The maximum atomic E-state index is 11.5. The van der Waals surface area contributed by atoms with Crippen molar-refractivity contribution in [2.24, 2.45) is 56.7 Å². The van der Waals surface area contributed by atoms with Crippen molar-refractivity contribution in [3.8, 4) is 0 Å². The van der Waals surface area contributed by atoms with Gasteiger partial charge in [0.25, 0.3) is 0 Å². The van der Waals surface area contributed by atoms with Gasteiger partial charge in [-0.15, -0.1) is 0 Å². The van der Waals surface area contributed by atoms with Crippen LogP contribution in [0.4, 0.5) is 0 Å². The molecule has 240 valence electrons. The maximum Gasteiger partial charge on any atom is 0.335 e. The van der Waals surface area contributed by atoms with E-state index >= 15 is 0 Å². The zero-order valence-corrected chi connectivity index (χ0v) is 28.0. The molecule has 0 heterocycles. The summed E-state index contributed by atoms with van der Waals surface area (Å²) in [4.78, 5) is 22.9. The maximum absolute atomic E-state index is 11.5. The molecule has 5 nitrogen and oxygen atoms in total. The molecular weight excluding hydrogens is 546 g/mol. The number of aromatic carboxylic acids is 1. The lowest BCUT2D eigenvalue weighted by molar-refractivity contribution is -0.225. The number of carbonyl (C=O) groups is 2. The molecule has 0 aromatic heterocycles. The molecule has 4 fully saturated rings. The molecule has 1 aromatic rings. The van der Waals surface area contributed by atoms with Crippen LogP contribution in [0.15, 0.2) is 42.5 Å². The van der Waals surface area contributed by atoms with Gasteiger partial charge in [0.15, 0.2) is 0 Å². The number of carboxylic acid groups (broad SMARTS) is 2. The molecule has 5 aliphatic rings. The van der Waals surface area contributed by atoms with Crippen molar-refractivity contribution < 1.29 is 19.8 Å². The first-order valence-electron chi connectivity index (χ1n) is 17.2. The smallest absolute Gasteiger partial charge is 0.335 e. The fourth-order valence-corrected chi connectivity index (χ4v) is 12.9. The van der Waals surface area contributed by atoms with Gasteiger partial charge in [0.2, 0.25) is 0 Å². The fraction of sp³-hybridized carbons (Fsp3) is 0.692. The monoisotopic (exact) mass is 601 g/mol. The summed E-state index contributed by atoms with van der Waals surface area (Å²) in [7, 11) is 0. The Balaban J connectivity index is 1.33. The largest absolute Gasteiger partial charge is 0.480 e. The van der Waals surface area contributed by atoms with Crippen molar-refractivity contribution in [3.05, 3.63) is 53.6 Å². The summed E-state index contributed by atoms with van der Waals surface area (Å²) >= 11 is 0. The number of carboxylic acids is 2. The Hall–Kier alpha value is -2.40. The molecule has 6 rings (SSSR count). The number of fused-ring (bicyclic) bond motifs is 7. The van der Waals surface area contributed by atoms with Gasteiger partial charge in [-0.1, -0.05) is 65.0 Å². The molecule has 0 saturated heterocycles. The average molecular weight is 602 g/mol. The molecule has 4 saturated carbocycles. The third-order valence-electron chi connectivity index (χ3n) is 15.0. The van der Waals surface area contributed by atoms with Gasteiger partial charge in [0.1, 0.15) is 0 Å². The third-order valence-corrected chi connectivity index (χ3v) is 15.0. The highest BCUT2D eigenvalue weighted by atomic mass is 16.4. The summed E-state index contributed by atoms with van der Waals surface area (Å²) in [5.41, 5.74) is 5.13. The number of aliphatic carboxylic acids is 1. The van der Waals surface area contributed by atoms with Gasteiger partial charge in [-0.25, -0.2) is 4.79 Å². The molecule has 0 radical (unpaired) electrons. The number of nitrogens with one attached hydrogen (secondary N) is 1. The van der Waals surface area contributed by atoms with Crippen LogP contribution in [0, 0.1) is 56.7 Å². The quantitative estimate of drug-likeness (QED) is 0.272. The summed E-state index contributed by atoms with van der Waals surface area (Å²) < 4.78 is 0. The lowest BCUT2D eigenvalue weighted by atomic mass is 9.32. The van der Waals surface area contributed by atoms with E-state index in [2.05, 4.69) is 59.5 Å². The molecule has 9 unspecified atom stereocenters. The van der Waals surface area contributed by atoms with E-state index in [1.165, 1.54) is 68.1 Å². The molecule has 0 aliphatic heterocycles. The molecule has 44 heavy (non-hydrogen) atoms. The average Bonchev–Trinajstić information content (AvgIpc) is 3.33. The van der Waals surface area contributed by atoms with Gasteiger partial charge in [-0.05, 0) is 145 Å². The topological polar surface area (TPSA) is 86.6 Å². The second-order valence-corrected chi connectivity index (χ2v) is 17.0. The molecule has 9 atom stereocenters. The van der Waals surface area contributed by atoms with Gasteiger partial charge >= 0.3 is 11.9 Å². The molecule has 0 bridgehead atoms. The first-order valence-corrected chi connectivity index (χ1v) is 17.2. The van der Waals surface area contributed by atoms with Gasteiger partial charge in [-0.3, -0.25) is 4.79 Å². The number of hydrogen-bond donors (Lipinski definition) is 3. The Morgan fingerprint density at radius 2 is 1.59 bits per heavy atom. The molecule has 3 N–H and O–H groups in total. The SMILES string of the molecule is C=C(C)C1CCC2(CNCC(=O)O)CCC3(C)C(CCC4C5(C)CC=C(c6ccc(C(=O)O)cc6)C(C)(C)C5CCC43C)C12. The fourth-order valence-electron chi connectivity index (χ4n) is 12.9. The molecule has 5 heteroatoms. The zero-order chi connectivity index (χ0) is 31.9. The summed E-state index contributed by atoms with van der Waals surface area (Å²) in [5, 5.41) is 22.2. The van der Waals surface area contributed by atoms with Crippen LogP contribution >= 0.6 is 0 Å². The highest BCUT2D eigenvalue weighted by Gasteiger charge is 2.70. The summed E-state index contributed by atoms with van der Waals surface area (Å²) in [6, 6.07) is 7.53. The van der Waals surface area contributed by atoms with Crippen molar-refractivity contribution in [2.45, 2.75) is 99.3 Å². The van der Waals surface area contributed by atoms with Crippen LogP contribution in [0.1, 0.15) is 115 Å². The molecule has 0 amide bonds. The van der Waals surface area contributed by atoms with Crippen molar-refractivity contribution >= 4 is 17.5 Å². The van der Waals surface area contributed by atoms with Crippen molar-refractivity contribution in [2.75, 3.05) is 13.1 Å². The van der Waals surface area contributed by atoms with Gasteiger partial charge in [-0.2, -0.15) is 0 Å². The molecular formula is C39H55NO4. The first-order chi connectivity index (χ1) is 20.6. The minimum atomic E-state index is -0.875. The second-order valence-electron chi connectivity index (χ2n) is 17.0. The highest BCUT2D eigenvalue weighted by Crippen LogP contribution is 2.77. The summed E-state index contributed by atoms with van der Waals surface area (Å²) in [5.74, 6) is 1.34. The number of benzene rings is 1. The Morgan fingerprint density at radius 3 is 2.23 bits per heavy atom. The first kappa shape index (κ1) is 31.6. The summed E-state index contributed by atoms with van der Waals surface area (Å²) in [6.07, 6.45) is 13.4. The minimum Gasteiger partial charge on any atom is -0.480 e. The number of hydrogen-bond acceptors (Lipinski definition) is 3. The standard InChI is InChI=1S/C39H55NO4/c1-24(2)27-14-19-39(23-40-22-32(41)42)21-20-37(6)29(33(27)39)12-13-31-36(5)17-15-28(25-8-10-26(11-9-25)34(43)44)35(3,4)30(36)16-18-38(31,37)7/h8-11,15,27,29-31,33,40H,1,12-14,16-23H2,2-7H3,(H,41,42)(H,43,44). The summed E-state index contributed by atoms with van der Waals surface area (Å²) in [6.45, 7) is 20.4. The van der Waals surface area contributed by atoms with E-state index < -0.39 is 11.9 Å². The molecule has 0 spiro atoms. The Labute approximate surface area is 265 Å². The van der Waals surface area contributed by atoms with Crippen molar-refractivity contribution in [1.29, 1.82) is 0 Å². The predicted molar refractivity (Wildman–Crippen MR) is 176 cm³/mol. The van der Waals surface area contributed by atoms with Crippen LogP contribution in [-0.4, -0.2) is 35.2 Å². The van der Waals surface area contributed by atoms with Crippen LogP contribution in [0.2, 0.25) is 0 Å². The number of rotatable bonds is 7. The van der Waals surface area contributed by atoms with E-state index in [1.807, 2.05) is 12.1 Å². The molecule has 5 aliphatic carbocycles. The van der Waals surface area contributed by atoms with E-state index in [1.54, 1.807) is 12.1 Å². The number of allylic oxidation sites excluding steroid dienone is 3. The van der Waals surface area contributed by atoms with E-state index in [0.29, 0.717) is 35.2 Å². The van der Waals surface area contributed by atoms with E-state index in [4.69, 9.17) is 0 Å². The van der Waals surface area contributed by atoms with Crippen LogP contribution < -0.4 is 5.32 Å². The second kappa shape index (κ2) is 10.6. The van der Waals surface area contributed by atoms with Crippen LogP contribution in [0.25, 0.3) is 5.57 Å². The lowest BCUT2D eigenvalue weighted by Crippen LogP contribution is -2.65. The van der Waals surface area contributed by atoms with Crippen LogP contribution in [0.3, 0.4) is 0 Å². The van der Waals surface area contributed by atoms with Gasteiger partial charge in [0, 0.05) is 6.54 Å².